The number of nitrogens with one attached hydrogen (secondary N) is 2. The fraction of sp³-hybridized carbons (Fsp3) is 0.375. The third kappa shape index (κ3) is 5.35. The molecule has 1 aliphatic carbocycles. The topological polar surface area (TPSA) is 61.4 Å². The third-order valence-electron chi connectivity index (χ3n) is 9.13. The smallest absolute Gasteiger partial charge is 0.371 e. The first-order valence-electron chi connectivity index (χ1n) is 14.0. The predicted molar refractivity (Wildman–Crippen MR) is 152 cm³/mol. The van der Waals surface area contributed by atoms with Crippen molar-refractivity contribution in [3.05, 3.63) is 99.6 Å². The Balaban J connectivity index is 1.15. The lowest BCUT2D eigenvalue weighted by Gasteiger charge is -2.43. The van der Waals surface area contributed by atoms with Gasteiger partial charge in [-0.15, -0.1) is 0 Å². The lowest BCUT2D eigenvalue weighted by molar-refractivity contribution is -0.137. The van der Waals surface area contributed by atoms with E-state index in [-0.39, 0.29) is 29.1 Å². The van der Waals surface area contributed by atoms with E-state index in [0.717, 1.165) is 61.2 Å². The summed E-state index contributed by atoms with van der Waals surface area (Å²) < 4.78 is 38.9. The van der Waals surface area contributed by atoms with Gasteiger partial charge in [-0.05, 0) is 84.7 Å². The van der Waals surface area contributed by atoms with Crippen molar-refractivity contribution in [3.8, 4) is 0 Å². The molecule has 5 nitrogen and oxygen atoms in total. The lowest BCUT2D eigenvalue weighted by Crippen LogP contribution is -2.46. The Bertz CT molecular complexity index is 1470. The monoisotopic (exact) mass is 581 g/mol. The number of hydrogen-bond acceptors (Lipinski definition) is 4. The SMILES string of the molecule is O=C(NC1CCc2ccc(C(=O)C3CNCC34CCN(c3ccc(C(F)(F)F)cc3)CC4)cc21)c1ccccc1Cl. The van der Waals surface area contributed by atoms with Gasteiger partial charge in [0.25, 0.3) is 5.91 Å². The quantitative estimate of drug-likeness (QED) is 0.339. The number of amides is 1. The van der Waals surface area contributed by atoms with Gasteiger partial charge in [0.15, 0.2) is 5.78 Å². The number of rotatable bonds is 5. The number of carbonyl (C=O) groups is 2. The number of halogens is 4. The molecule has 2 atom stereocenters. The highest BCUT2D eigenvalue weighted by Crippen LogP contribution is 2.44. The van der Waals surface area contributed by atoms with Crippen LogP contribution in [0.4, 0.5) is 18.9 Å². The van der Waals surface area contributed by atoms with Crippen molar-refractivity contribution in [1.29, 1.82) is 0 Å². The van der Waals surface area contributed by atoms with E-state index >= 15 is 0 Å². The molecule has 0 saturated carbocycles. The Labute approximate surface area is 242 Å². The molecule has 2 heterocycles. The summed E-state index contributed by atoms with van der Waals surface area (Å²) in [7, 11) is 0. The number of carbonyl (C=O) groups excluding carboxylic acids is 2. The van der Waals surface area contributed by atoms with Gasteiger partial charge in [-0.3, -0.25) is 9.59 Å². The van der Waals surface area contributed by atoms with Crippen molar-refractivity contribution in [2.24, 2.45) is 11.3 Å². The zero-order valence-corrected chi connectivity index (χ0v) is 23.2. The Hall–Kier alpha value is -3.36. The van der Waals surface area contributed by atoms with Crippen LogP contribution in [0.3, 0.4) is 0 Å². The second kappa shape index (κ2) is 10.8. The highest BCUT2D eigenvalue weighted by molar-refractivity contribution is 6.33. The summed E-state index contributed by atoms with van der Waals surface area (Å²) in [5.74, 6) is -0.319. The number of Topliss-reactive ketones (excluding diaryl/α,β-unsaturated/α-hetero) is 1. The minimum Gasteiger partial charge on any atom is -0.371 e. The molecule has 3 aromatic rings. The van der Waals surface area contributed by atoms with E-state index in [1.807, 2.05) is 18.2 Å². The number of anilines is 1. The molecule has 0 bridgehead atoms. The average Bonchev–Trinajstić information content (AvgIpc) is 3.56. The highest BCUT2D eigenvalue weighted by atomic mass is 35.5. The largest absolute Gasteiger partial charge is 0.416 e. The van der Waals surface area contributed by atoms with Gasteiger partial charge in [0.05, 0.1) is 22.2 Å². The first-order chi connectivity index (χ1) is 19.6. The highest BCUT2D eigenvalue weighted by Gasteiger charge is 2.48. The first-order valence-corrected chi connectivity index (χ1v) is 14.4. The number of piperidine rings is 1. The number of nitrogens with zero attached hydrogens (tertiary/aromatic N) is 1. The summed E-state index contributed by atoms with van der Waals surface area (Å²) in [6.45, 7) is 2.70. The van der Waals surface area contributed by atoms with Crippen molar-refractivity contribution in [2.75, 3.05) is 31.1 Å². The minimum atomic E-state index is -4.35. The van der Waals surface area contributed by atoms with E-state index in [4.69, 9.17) is 11.6 Å². The summed E-state index contributed by atoms with van der Waals surface area (Å²) in [5, 5.41) is 6.94. The first kappa shape index (κ1) is 27.8. The maximum Gasteiger partial charge on any atom is 0.416 e. The standard InChI is InChI=1S/C32H31ClF3N3O2/c33-27-4-2-1-3-24(27)30(41)38-28-12-7-20-5-6-21(17-25(20)28)29(40)26-18-37-19-31(26)13-15-39(16-14-31)23-10-8-22(9-11-23)32(34,35)36/h1-6,8-11,17,26,28,37H,7,12-16,18-19H2,(H,38,41). The van der Waals surface area contributed by atoms with E-state index in [2.05, 4.69) is 15.5 Å². The normalized spacial score (nSPS) is 21.6. The Kier molecular flexibility index (Phi) is 7.32. The van der Waals surface area contributed by atoms with Crippen LogP contribution in [0.5, 0.6) is 0 Å². The van der Waals surface area contributed by atoms with E-state index in [1.54, 1.807) is 24.3 Å². The number of hydrogen-bond donors (Lipinski definition) is 2. The zero-order valence-electron chi connectivity index (χ0n) is 22.4. The van der Waals surface area contributed by atoms with Crippen LogP contribution in [0.15, 0.2) is 66.7 Å². The summed E-state index contributed by atoms with van der Waals surface area (Å²) in [5.41, 5.74) is 3.11. The molecule has 3 aliphatic rings. The molecule has 2 saturated heterocycles. The van der Waals surface area contributed by atoms with Crippen LogP contribution in [-0.4, -0.2) is 37.9 Å². The van der Waals surface area contributed by atoms with Gasteiger partial charge in [0, 0.05) is 43.3 Å². The molecule has 0 aromatic heterocycles. The van der Waals surface area contributed by atoms with Crippen LogP contribution < -0.4 is 15.5 Å². The van der Waals surface area contributed by atoms with Gasteiger partial charge in [-0.25, -0.2) is 0 Å². The van der Waals surface area contributed by atoms with Gasteiger partial charge in [-0.2, -0.15) is 13.2 Å². The van der Waals surface area contributed by atoms with E-state index < -0.39 is 11.7 Å². The summed E-state index contributed by atoms with van der Waals surface area (Å²) in [6, 6.07) is 17.9. The molecule has 9 heteroatoms. The van der Waals surface area contributed by atoms with Crippen LogP contribution >= 0.6 is 11.6 Å². The molecule has 214 valence electrons. The third-order valence-corrected chi connectivity index (χ3v) is 9.46. The number of ketones is 1. The molecule has 1 amide bonds. The second-order valence-electron chi connectivity index (χ2n) is 11.4. The van der Waals surface area contributed by atoms with Gasteiger partial charge < -0.3 is 15.5 Å². The predicted octanol–water partition coefficient (Wildman–Crippen LogP) is 6.47. The van der Waals surface area contributed by atoms with Crippen molar-refractivity contribution >= 4 is 29.0 Å². The number of alkyl halides is 3. The maximum absolute atomic E-state index is 13.9. The Morgan fingerprint density at radius 1 is 1.00 bits per heavy atom. The van der Waals surface area contributed by atoms with E-state index in [1.165, 1.54) is 12.1 Å². The van der Waals surface area contributed by atoms with Crippen molar-refractivity contribution in [3.63, 3.8) is 0 Å². The fourth-order valence-corrected chi connectivity index (χ4v) is 6.98. The van der Waals surface area contributed by atoms with E-state index in [0.29, 0.717) is 35.8 Å². The molecule has 1 spiro atoms. The van der Waals surface area contributed by atoms with Crippen molar-refractivity contribution in [2.45, 2.75) is 37.9 Å². The molecule has 3 aromatic carbocycles. The molecular formula is C32H31ClF3N3O2. The lowest BCUT2D eigenvalue weighted by atomic mass is 9.68. The van der Waals surface area contributed by atoms with Crippen LogP contribution in [0, 0.1) is 11.3 Å². The van der Waals surface area contributed by atoms with Gasteiger partial charge in [0.2, 0.25) is 0 Å². The Morgan fingerprint density at radius 2 is 1.73 bits per heavy atom. The van der Waals surface area contributed by atoms with Crippen LogP contribution in [0.1, 0.15) is 62.7 Å². The average molecular weight is 582 g/mol. The molecule has 6 rings (SSSR count). The molecular weight excluding hydrogens is 551 g/mol. The molecule has 2 aliphatic heterocycles. The molecule has 2 fully saturated rings. The zero-order chi connectivity index (χ0) is 28.8. The van der Waals surface area contributed by atoms with Gasteiger partial charge >= 0.3 is 6.18 Å². The maximum atomic E-state index is 13.9. The van der Waals surface area contributed by atoms with Gasteiger partial charge in [-0.1, -0.05) is 35.9 Å². The summed E-state index contributed by atoms with van der Waals surface area (Å²) in [6.07, 6.45) is -1.21. The van der Waals surface area contributed by atoms with Crippen LogP contribution in [0.2, 0.25) is 5.02 Å². The number of aryl methyl sites for hydroxylation is 1. The van der Waals surface area contributed by atoms with Crippen molar-refractivity contribution in [1.82, 2.24) is 10.6 Å². The summed E-state index contributed by atoms with van der Waals surface area (Å²) in [4.78, 5) is 29.0. The minimum absolute atomic E-state index is 0.101. The molecule has 41 heavy (non-hydrogen) atoms. The van der Waals surface area contributed by atoms with Crippen molar-refractivity contribution < 1.29 is 22.8 Å². The Morgan fingerprint density at radius 3 is 2.44 bits per heavy atom. The molecule has 2 N–H and O–H groups in total. The van der Waals surface area contributed by atoms with Gasteiger partial charge in [0.1, 0.15) is 0 Å². The summed E-state index contributed by atoms with van der Waals surface area (Å²) >= 11 is 6.23. The second-order valence-corrected chi connectivity index (χ2v) is 11.8. The molecule has 0 radical (unpaired) electrons. The fourth-order valence-electron chi connectivity index (χ4n) is 6.76. The van der Waals surface area contributed by atoms with E-state index in [9.17, 15) is 22.8 Å². The number of fused-ring (bicyclic) bond motifs is 1. The molecule has 2 unspecified atom stereocenters. The van der Waals surface area contributed by atoms with Crippen LogP contribution in [0.25, 0.3) is 0 Å². The number of benzene rings is 3. The van der Waals surface area contributed by atoms with Crippen LogP contribution in [-0.2, 0) is 12.6 Å².